The Morgan fingerprint density at radius 2 is 0.690 bits per heavy atom. The first-order valence-electron chi connectivity index (χ1n) is 25.0. The fourth-order valence-electron chi connectivity index (χ4n) is 7.27. The van der Waals surface area contributed by atoms with Crippen LogP contribution in [0.25, 0.3) is 0 Å². The summed E-state index contributed by atoms with van der Waals surface area (Å²) in [7, 11) is 0. The lowest BCUT2D eigenvalue weighted by atomic mass is 10.0. The first-order valence-corrected chi connectivity index (χ1v) is 25.0. The Bertz CT molecular complexity index is 841. The second kappa shape index (κ2) is 46.5. The maximum absolute atomic E-state index is 12.4. The van der Waals surface area contributed by atoms with Crippen LogP contribution in [-0.4, -0.2) is 75.4 Å². The maximum Gasteiger partial charge on any atom is 0.508 e. The molecule has 0 rings (SSSR count). The summed E-state index contributed by atoms with van der Waals surface area (Å²) < 4.78 is 33.9. The lowest BCUT2D eigenvalue weighted by Gasteiger charge is -2.18. The van der Waals surface area contributed by atoms with Gasteiger partial charge in [-0.2, -0.15) is 0 Å². The molecule has 0 amide bonds. The average Bonchev–Trinajstić information content (AvgIpc) is 3.22. The molecule has 0 saturated heterocycles. The molecule has 58 heavy (non-hydrogen) atoms. The van der Waals surface area contributed by atoms with E-state index in [1.165, 1.54) is 116 Å². The fourth-order valence-corrected chi connectivity index (χ4v) is 7.27. The van der Waals surface area contributed by atoms with Crippen molar-refractivity contribution in [1.82, 2.24) is 0 Å². The van der Waals surface area contributed by atoms with Crippen LogP contribution < -0.4 is 0 Å². The van der Waals surface area contributed by atoms with Crippen molar-refractivity contribution < 1.29 is 43.1 Å². The molecule has 0 aliphatic rings. The Morgan fingerprint density at radius 3 is 1.07 bits per heavy atom. The van der Waals surface area contributed by atoms with Gasteiger partial charge < -0.3 is 33.5 Å². The first-order chi connectivity index (χ1) is 28.5. The molecule has 0 radical (unpaired) electrons. The smallest absolute Gasteiger partial charge is 0.434 e. The lowest BCUT2D eigenvalue weighted by molar-refractivity contribution is -0.0438. The predicted octanol–water partition coefficient (Wildman–Crippen LogP) is 14.8. The van der Waals surface area contributed by atoms with Gasteiger partial charge in [0.1, 0.15) is 18.3 Å². The Balaban J connectivity index is 3.96. The molecule has 0 aromatic heterocycles. The zero-order valence-corrected chi connectivity index (χ0v) is 38.7. The molecule has 0 aromatic carbocycles. The minimum Gasteiger partial charge on any atom is -0.434 e. The predicted molar refractivity (Wildman–Crippen MR) is 240 cm³/mol. The van der Waals surface area contributed by atoms with Gasteiger partial charge in [-0.05, 0) is 89.9 Å². The topological polar surface area (TPSA) is 110 Å². The van der Waals surface area contributed by atoms with Crippen LogP contribution in [-0.2, 0) is 28.4 Å². The van der Waals surface area contributed by atoms with E-state index < -0.39 is 12.3 Å². The van der Waals surface area contributed by atoms with E-state index >= 15 is 0 Å². The summed E-state index contributed by atoms with van der Waals surface area (Å²) in [4.78, 5) is 24.8. The molecule has 0 saturated carbocycles. The molecule has 9 nitrogen and oxygen atoms in total. The monoisotopic (exact) mass is 829 g/mol. The van der Waals surface area contributed by atoms with Gasteiger partial charge in [0, 0.05) is 13.2 Å². The number of aliphatic hydroxyl groups excluding tert-OH is 1. The van der Waals surface area contributed by atoms with Crippen LogP contribution in [0.1, 0.15) is 246 Å². The van der Waals surface area contributed by atoms with Gasteiger partial charge in [-0.1, -0.05) is 156 Å². The van der Waals surface area contributed by atoms with Crippen molar-refractivity contribution in [3.8, 4) is 0 Å². The number of unbranched alkanes of at least 4 members (excludes halogenated alkanes) is 24. The lowest BCUT2D eigenvalue weighted by Crippen LogP contribution is -2.24. The van der Waals surface area contributed by atoms with Crippen molar-refractivity contribution in [3.63, 3.8) is 0 Å². The van der Waals surface area contributed by atoms with Crippen molar-refractivity contribution in [2.24, 2.45) is 0 Å². The number of hydrogen-bond acceptors (Lipinski definition) is 9. The quantitative estimate of drug-likeness (QED) is 0.0474. The van der Waals surface area contributed by atoms with Crippen LogP contribution in [0.3, 0.4) is 0 Å². The summed E-state index contributed by atoms with van der Waals surface area (Å²) >= 11 is 0. The highest BCUT2D eigenvalue weighted by Crippen LogP contribution is 2.19. The molecule has 0 heterocycles. The van der Waals surface area contributed by atoms with E-state index in [9.17, 15) is 14.7 Å². The fraction of sp³-hybridized carbons (Fsp3) is 0.959. The molecule has 0 aliphatic heterocycles. The van der Waals surface area contributed by atoms with Gasteiger partial charge in [-0.15, -0.1) is 0 Å². The van der Waals surface area contributed by atoms with Crippen molar-refractivity contribution in [2.45, 2.75) is 264 Å². The van der Waals surface area contributed by atoms with E-state index in [0.29, 0.717) is 33.0 Å². The molecule has 3 atom stereocenters. The molecule has 0 aromatic rings. The third-order valence-corrected chi connectivity index (χ3v) is 11.1. The van der Waals surface area contributed by atoms with Crippen molar-refractivity contribution >= 4 is 12.3 Å². The Hall–Kier alpha value is -1.58. The molecule has 0 fully saturated rings. The van der Waals surface area contributed by atoms with Crippen LogP contribution in [0, 0.1) is 0 Å². The molecule has 0 aliphatic carbocycles. The Labute approximate surface area is 358 Å². The summed E-state index contributed by atoms with van der Waals surface area (Å²) in [6.07, 6.45) is 36.7. The van der Waals surface area contributed by atoms with Gasteiger partial charge in [-0.3, -0.25) is 0 Å². The summed E-state index contributed by atoms with van der Waals surface area (Å²) in [5.41, 5.74) is 0. The summed E-state index contributed by atoms with van der Waals surface area (Å²) in [5, 5.41) is 9.72. The van der Waals surface area contributed by atoms with Gasteiger partial charge >= 0.3 is 12.3 Å². The average molecular weight is 829 g/mol. The number of aliphatic hydroxyl groups is 1. The highest BCUT2D eigenvalue weighted by atomic mass is 16.7. The first kappa shape index (κ1) is 56.4. The number of carbonyl (C=O) groups excluding carboxylic acids is 2. The van der Waals surface area contributed by atoms with E-state index in [-0.39, 0.29) is 24.9 Å². The van der Waals surface area contributed by atoms with Gasteiger partial charge in [-0.25, -0.2) is 9.59 Å². The summed E-state index contributed by atoms with van der Waals surface area (Å²) in [6.45, 7) is 11.2. The minimum absolute atomic E-state index is 0.0278. The molecule has 1 N–H and O–H groups in total. The zero-order chi connectivity index (χ0) is 42.4. The van der Waals surface area contributed by atoms with Gasteiger partial charge in [0.15, 0.2) is 0 Å². The number of ether oxygens (including phenoxy) is 6. The largest absolute Gasteiger partial charge is 0.508 e. The van der Waals surface area contributed by atoms with Crippen molar-refractivity contribution in [3.05, 3.63) is 0 Å². The highest BCUT2D eigenvalue weighted by molar-refractivity contribution is 5.60. The second-order valence-electron chi connectivity index (χ2n) is 16.8. The van der Waals surface area contributed by atoms with Crippen LogP contribution in [0.4, 0.5) is 9.59 Å². The van der Waals surface area contributed by atoms with Crippen LogP contribution in [0.2, 0.25) is 0 Å². The van der Waals surface area contributed by atoms with E-state index in [0.717, 1.165) is 103 Å². The molecule has 346 valence electrons. The number of hydrogen-bond donors (Lipinski definition) is 1. The SMILES string of the molecule is CCCCCCCCCC(CCCCCC)OC(=O)OCCCCCCOCC(CO)OCCCCCCOC(=O)OC(CCCCCC)CCCCCCCCC. The summed E-state index contributed by atoms with van der Waals surface area (Å²) in [6, 6.07) is 0. The highest BCUT2D eigenvalue weighted by Gasteiger charge is 2.17. The van der Waals surface area contributed by atoms with Gasteiger partial charge in [0.05, 0.1) is 26.4 Å². The standard InChI is InChI=1S/C49H96O9/c1-5-9-13-17-19-21-29-37-45(35-27-15-11-7-3)57-48(51)55-41-33-24-23-31-39-53-44-47(43-50)54-40-32-25-26-34-42-56-49(52)58-46(36-28-16-12-8-4)38-30-22-20-18-14-10-6-2/h45-47,50H,5-44H2,1-4H3. The van der Waals surface area contributed by atoms with E-state index in [2.05, 4.69) is 27.7 Å². The molecule has 9 heteroatoms. The van der Waals surface area contributed by atoms with Crippen LogP contribution >= 0.6 is 0 Å². The third kappa shape index (κ3) is 41.2. The van der Waals surface area contributed by atoms with Gasteiger partial charge in [0.2, 0.25) is 0 Å². The zero-order valence-electron chi connectivity index (χ0n) is 38.7. The third-order valence-electron chi connectivity index (χ3n) is 11.1. The maximum atomic E-state index is 12.4. The minimum atomic E-state index is -0.519. The molecular weight excluding hydrogens is 733 g/mol. The van der Waals surface area contributed by atoms with Gasteiger partial charge in [0.25, 0.3) is 0 Å². The second-order valence-corrected chi connectivity index (χ2v) is 16.8. The number of carbonyl (C=O) groups is 2. The van der Waals surface area contributed by atoms with E-state index in [1.807, 2.05) is 0 Å². The van der Waals surface area contributed by atoms with Crippen molar-refractivity contribution in [2.75, 3.05) is 39.6 Å². The molecular formula is C49H96O9. The van der Waals surface area contributed by atoms with E-state index in [1.54, 1.807) is 0 Å². The van der Waals surface area contributed by atoms with E-state index in [4.69, 9.17) is 28.4 Å². The molecule has 0 spiro atoms. The van der Waals surface area contributed by atoms with Crippen LogP contribution in [0.15, 0.2) is 0 Å². The normalized spacial score (nSPS) is 13.0. The van der Waals surface area contributed by atoms with Crippen LogP contribution in [0.5, 0.6) is 0 Å². The molecule has 0 bridgehead atoms. The Morgan fingerprint density at radius 1 is 0.379 bits per heavy atom. The summed E-state index contributed by atoms with van der Waals surface area (Å²) in [5.74, 6) is 0. The number of rotatable bonds is 46. The molecule has 3 unspecified atom stereocenters. The van der Waals surface area contributed by atoms with Crippen molar-refractivity contribution in [1.29, 1.82) is 0 Å². The Kier molecular flexibility index (Phi) is 45.2.